The Labute approximate surface area is 477 Å². The molecule has 430 valence electrons. The number of nitrogens with one attached hydrogen (secondary N) is 4. The molecular formula is C61H77FN12O6S. The highest BCUT2D eigenvalue weighted by molar-refractivity contribution is 7.10. The zero-order valence-corrected chi connectivity index (χ0v) is 47.6. The SMILES string of the molecule is CN[C@@H](C)C(=O)N[C@H](C(=O)N1CCC[C@H]1c1nc(C(=O)c2cccc(OCCCCCCCCCCCC(=O)N3CCN(C(=O)c4ccc(Nc5nc(C6CC6)cn6c(-c7cn[nH]c7)cnc56)c(F)c4)CC3)c2)cs1)C1CCCCC1. The highest BCUT2D eigenvalue weighted by Crippen LogP contribution is 2.41. The van der Waals surface area contributed by atoms with Crippen LogP contribution in [-0.2, 0) is 14.4 Å². The molecule has 81 heavy (non-hydrogen) atoms. The number of ether oxygens (including phenoxy) is 1. The molecule has 4 amide bonds. The average molecular weight is 1130 g/mol. The number of nitrogens with zero attached hydrogens (tertiary/aromatic N) is 8. The highest BCUT2D eigenvalue weighted by Gasteiger charge is 2.40. The number of rotatable bonds is 26. The number of unbranched alkanes of at least 4 members (excludes halogenated alkanes) is 8. The van der Waals surface area contributed by atoms with Crippen molar-refractivity contribution >= 4 is 57.9 Å². The van der Waals surface area contributed by atoms with Crippen molar-refractivity contribution in [3.05, 3.63) is 106 Å². The van der Waals surface area contributed by atoms with Gasteiger partial charge < -0.3 is 35.4 Å². The van der Waals surface area contributed by atoms with Crippen molar-refractivity contribution in [2.45, 2.75) is 153 Å². The Morgan fingerprint density at radius 3 is 2.30 bits per heavy atom. The number of H-pyrrole nitrogens is 1. The molecule has 4 fully saturated rings. The predicted molar refractivity (Wildman–Crippen MR) is 309 cm³/mol. The van der Waals surface area contributed by atoms with Crippen molar-refractivity contribution in [3.8, 4) is 17.0 Å². The van der Waals surface area contributed by atoms with Crippen LogP contribution in [0.25, 0.3) is 16.9 Å². The van der Waals surface area contributed by atoms with Gasteiger partial charge in [-0.25, -0.2) is 19.3 Å². The van der Waals surface area contributed by atoms with Crippen molar-refractivity contribution in [2.24, 2.45) is 5.92 Å². The fraction of sp³-hybridized carbons (Fsp3) is 0.525. The molecule has 20 heteroatoms. The first-order valence-electron chi connectivity index (χ1n) is 29.5. The fourth-order valence-corrected chi connectivity index (χ4v) is 12.5. The van der Waals surface area contributed by atoms with E-state index in [1.807, 2.05) is 32.5 Å². The number of benzene rings is 2. The second-order valence-corrected chi connectivity index (χ2v) is 23.3. The Balaban J connectivity index is 0.584. The van der Waals surface area contributed by atoms with E-state index < -0.39 is 17.9 Å². The van der Waals surface area contributed by atoms with Crippen LogP contribution in [-0.4, -0.2) is 132 Å². The van der Waals surface area contributed by atoms with Gasteiger partial charge in [-0.1, -0.05) is 76.3 Å². The lowest BCUT2D eigenvalue weighted by Crippen LogP contribution is -2.55. The number of halogens is 1. The predicted octanol–water partition coefficient (Wildman–Crippen LogP) is 10.2. The zero-order chi connectivity index (χ0) is 56.2. The molecule has 18 nitrogen and oxygen atoms in total. The van der Waals surface area contributed by atoms with Gasteiger partial charge in [0.2, 0.25) is 23.5 Å². The van der Waals surface area contributed by atoms with Gasteiger partial charge in [0.05, 0.1) is 48.2 Å². The lowest BCUT2D eigenvalue weighted by molar-refractivity contribution is -0.139. The van der Waals surface area contributed by atoms with Crippen LogP contribution in [0.15, 0.2) is 72.6 Å². The van der Waals surface area contributed by atoms with Gasteiger partial charge in [0.25, 0.3) is 5.91 Å². The summed E-state index contributed by atoms with van der Waals surface area (Å²) in [5.41, 5.74) is 4.51. The number of piperazine rings is 1. The number of aromatic amines is 1. The van der Waals surface area contributed by atoms with Gasteiger partial charge in [-0.15, -0.1) is 11.3 Å². The number of carbonyl (C=O) groups excluding carboxylic acids is 5. The molecule has 0 unspecified atom stereocenters. The summed E-state index contributed by atoms with van der Waals surface area (Å²) in [6.07, 6.45) is 26.0. The molecule has 2 aliphatic carbocycles. The molecule has 2 aliphatic heterocycles. The van der Waals surface area contributed by atoms with Crippen molar-refractivity contribution in [2.75, 3.05) is 51.7 Å². The summed E-state index contributed by atoms with van der Waals surface area (Å²) < 4.78 is 23.7. The van der Waals surface area contributed by atoms with Crippen LogP contribution in [0, 0.1) is 11.7 Å². The number of imidazole rings is 1. The third kappa shape index (κ3) is 14.2. The Bertz CT molecular complexity index is 3130. The summed E-state index contributed by atoms with van der Waals surface area (Å²) in [5, 5.41) is 18.7. The molecule has 3 atom stereocenters. The van der Waals surface area contributed by atoms with E-state index in [-0.39, 0.29) is 52.6 Å². The van der Waals surface area contributed by atoms with Gasteiger partial charge in [-0.05, 0) is 102 Å². The highest BCUT2D eigenvalue weighted by atomic mass is 32.1. The van der Waals surface area contributed by atoms with Crippen LogP contribution in [0.3, 0.4) is 0 Å². The van der Waals surface area contributed by atoms with Crippen molar-refractivity contribution < 1.29 is 33.1 Å². The molecule has 10 rings (SSSR count). The number of amides is 4. The van der Waals surface area contributed by atoms with E-state index in [1.165, 1.54) is 17.4 Å². The van der Waals surface area contributed by atoms with Gasteiger partial charge in [0.15, 0.2) is 11.5 Å². The van der Waals surface area contributed by atoms with Crippen LogP contribution in [0.5, 0.6) is 5.75 Å². The van der Waals surface area contributed by atoms with E-state index in [2.05, 4.69) is 31.1 Å². The molecule has 6 aromatic rings. The minimum Gasteiger partial charge on any atom is -0.494 e. The van der Waals surface area contributed by atoms with Gasteiger partial charge in [-0.3, -0.25) is 33.5 Å². The number of thiazole rings is 1. The largest absolute Gasteiger partial charge is 0.494 e. The van der Waals surface area contributed by atoms with E-state index in [4.69, 9.17) is 14.7 Å². The summed E-state index contributed by atoms with van der Waals surface area (Å²) in [5.74, 6) is 0.423. The topological polar surface area (TPSA) is 212 Å². The Morgan fingerprint density at radius 1 is 0.815 bits per heavy atom. The quantitative estimate of drug-likeness (QED) is 0.0295. The molecule has 4 N–H and O–H groups in total. The standard InChI is InChI=1S/C61H77FN12O6S/c1-40(63-2)58(77)70-54(42-17-11-10-12-18-42)61(79)73-27-16-21-51(73)59-69-50(39-81-59)55(76)43-19-15-20-46(33-43)80-32-14-9-7-5-3-4-6-8-13-22-53(75)71-28-30-72(31-29-71)60(78)44-25-26-48(47(62)34-44)67-56-57-64-37-52(45-35-65-66-36-45)74(57)38-49(68-56)41-23-24-41/h15,19-20,25-26,33-42,51,54,63H,3-14,16-18,21-24,27-32H2,1-2H3,(H,65,66)(H,67,68)(H,70,77)/t40-,51-,54-/m0/s1. The third-order valence-corrected chi connectivity index (χ3v) is 17.6. The number of aromatic nitrogens is 6. The molecule has 4 aromatic heterocycles. The molecule has 0 spiro atoms. The van der Waals surface area contributed by atoms with Crippen LogP contribution in [0.1, 0.15) is 178 Å². The summed E-state index contributed by atoms with van der Waals surface area (Å²) >= 11 is 1.41. The van der Waals surface area contributed by atoms with Gasteiger partial charge in [-0.2, -0.15) is 5.10 Å². The van der Waals surface area contributed by atoms with Crippen molar-refractivity contribution in [1.82, 2.24) is 54.9 Å². The Hall–Kier alpha value is -7.06. The Morgan fingerprint density at radius 2 is 1.57 bits per heavy atom. The summed E-state index contributed by atoms with van der Waals surface area (Å²) in [7, 11) is 1.74. The van der Waals surface area contributed by atoms with Crippen LogP contribution < -0.4 is 20.7 Å². The second kappa shape index (κ2) is 27.1. The number of hydrogen-bond donors (Lipinski definition) is 4. The van der Waals surface area contributed by atoms with E-state index in [0.717, 1.165) is 138 Å². The van der Waals surface area contributed by atoms with E-state index in [1.54, 1.807) is 67.1 Å². The van der Waals surface area contributed by atoms with E-state index in [0.29, 0.717) is 80.1 Å². The maximum atomic E-state index is 15.7. The molecule has 0 bridgehead atoms. The smallest absolute Gasteiger partial charge is 0.254 e. The summed E-state index contributed by atoms with van der Waals surface area (Å²) in [6, 6.07) is 10.5. The number of likely N-dealkylation sites (N-methyl/N-ethyl adjacent to an activating group) is 1. The van der Waals surface area contributed by atoms with Gasteiger partial charge in [0.1, 0.15) is 28.3 Å². The number of ketones is 1. The minimum atomic E-state index is -0.575. The number of fused-ring (bicyclic) bond motifs is 1. The Kier molecular flexibility index (Phi) is 19.2. The van der Waals surface area contributed by atoms with Crippen molar-refractivity contribution in [1.29, 1.82) is 0 Å². The molecule has 0 radical (unpaired) electrons. The summed E-state index contributed by atoms with van der Waals surface area (Å²) in [4.78, 5) is 87.2. The van der Waals surface area contributed by atoms with Gasteiger partial charge >= 0.3 is 0 Å². The lowest BCUT2D eigenvalue weighted by atomic mass is 9.83. The maximum Gasteiger partial charge on any atom is 0.254 e. The zero-order valence-electron chi connectivity index (χ0n) is 46.8. The van der Waals surface area contributed by atoms with Crippen LogP contribution in [0.2, 0.25) is 0 Å². The third-order valence-electron chi connectivity index (χ3n) is 16.7. The minimum absolute atomic E-state index is 0.0491. The molecule has 2 saturated heterocycles. The lowest BCUT2D eigenvalue weighted by Gasteiger charge is -2.35. The van der Waals surface area contributed by atoms with Crippen molar-refractivity contribution in [3.63, 3.8) is 0 Å². The number of likely N-dealkylation sites (tertiary alicyclic amines) is 1. The van der Waals surface area contributed by atoms with Crippen LogP contribution >= 0.6 is 11.3 Å². The number of carbonyl (C=O) groups is 5. The van der Waals surface area contributed by atoms with Gasteiger partial charge in [0, 0.05) is 79.5 Å². The average Bonchev–Trinajstić information content (AvgIpc) is 4.18. The van der Waals surface area contributed by atoms with E-state index >= 15 is 4.39 Å². The fourth-order valence-electron chi connectivity index (χ4n) is 11.6. The number of hydrogen-bond acceptors (Lipinski definition) is 13. The first-order valence-corrected chi connectivity index (χ1v) is 30.4. The normalized spacial score (nSPS) is 17.6. The maximum absolute atomic E-state index is 15.7. The summed E-state index contributed by atoms with van der Waals surface area (Å²) in [6.45, 7) is 4.66. The van der Waals surface area contributed by atoms with Crippen LogP contribution in [0.4, 0.5) is 15.9 Å². The molecule has 2 aromatic carbocycles. The second-order valence-electron chi connectivity index (χ2n) is 22.4. The monoisotopic (exact) mass is 1120 g/mol. The molecule has 6 heterocycles. The molecule has 4 aliphatic rings. The molecule has 2 saturated carbocycles. The number of anilines is 2. The molecular weight excluding hydrogens is 1050 g/mol. The first-order chi connectivity index (χ1) is 39.5. The first kappa shape index (κ1) is 57.2. The van der Waals surface area contributed by atoms with E-state index in [9.17, 15) is 24.0 Å².